The van der Waals surface area contributed by atoms with E-state index in [1.807, 2.05) is 30.3 Å². The van der Waals surface area contributed by atoms with Crippen molar-refractivity contribution >= 4 is 38.9 Å². The van der Waals surface area contributed by atoms with Crippen LogP contribution in [-0.4, -0.2) is 24.3 Å². The summed E-state index contributed by atoms with van der Waals surface area (Å²) in [5.74, 6) is 2.03. The molecule has 2 aromatic heterocycles. The molecule has 4 aromatic carbocycles. The van der Waals surface area contributed by atoms with Crippen molar-refractivity contribution in [2.75, 3.05) is 0 Å². The minimum absolute atomic E-state index is 0.449. The van der Waals surface area contributed by atoms with Crippen molar-refractivity contribution < 1.29 is 4.79 Å². The molecule has 6 rings (SSSR count). The lowest BCUT2D eigenvalue weighted by Crippen LogP contribution is -2.05. The Morgan fingerprint density at radius 3 is 2.36 bits per heavy atom. The number of rotatable bonds is 7. The average molecular weight is 533 g/mol. The molecule has 0 radical (unpaired) electrons. The first-order chi connectivity index (χ1) is 18.9. The van der Waals surface area contributed by atoms with Crippen molar-refractivity contribution in [1.82, 2.24) is 19.1 Å². The molecule has 0 N–H and O–H groups in total. The highest BCUT2D eigenvalue weighted by Gasteiger charge is 2.17. The van der Waals surface area contributed by atoms with Crippen LogP contribution < -0.4 is 0 Å². The molecule has 0 saturated carbocycles. The fourth-order valence-electron chi connectivity index (χ4n) is 5.44. The second-order valence-electron chi connectivity index (χ2n) is 10.0. The molecule has 6 aromatic rings. The Balaban J connectivity index is 1.42. The summed E-state index contributed by atoms with van der Waals surface area (Å²) in [6, 6.07) is 28.5. The summed E-state index contributed by atoms with van der Waals surface area (Å²) in [4.78, 5) is 21.9. The van der Waals surface area contributed by atoms with Gasteiger partial charge in [-0.25, -0.2) is 9.97 Å². The number of nitrogens with zero attached hydrogens (tertiary/aromatic N) is 4. The molecule has 0 atom stereocenters. The molecule has 0 bridgehead atoms. The second kappa shape index (κ2) is 10.2. The second-order valence-corrected chi connectivity index (χ2v) is 10.4. The van der Waals surface area contributed by atoms with Gasteiger partial charge in [0.15, 0.2) is 0 Å². The zero-order chi connectivity index (χ0) is 27.1. The Kier molecular flexibility index (Phi) is 6.53. The Bertz CT molecular complexity index is 1850. The van der Waals surface area contributed by atoms with Crippen LogP contribution in [0.4, 0.5) is 0 Å². The largest absolute Gasteiger partial charge is 0.327 e. The number of halogens is 1. The van der Waals surface area contributed by atoms with Crippen LogP contribution in [0, 0.1) is 6.92 Å². The quantitative estimate of drug-likeness (QED) is 0.196. The summed E-state index contributed by atoms with van der Waals surface area (Å²) in [5, 5.41) is -0.449. The van der Waals surface area contributed by atoms with Crippen molar-refractivity contribution in [3.63, 3.8) is 0 Å². The van der Waals surface area contributed by atoms with E-state index < -0.39 is 5.24 Å². The predicted octanol–water partition coefficient (Wildman–Crippen LogP) is 7.95. The standard InChI is InChI=1S/C33H29ClN4O/c1-4-9-30-36-31-21(2)18-24(33-35-27-12-7-8-13-28(27)37(33)3)19-29(31)38(30)20-22-14-16-23(17-15-22)25-10-5-6-11-26(25)32(34)39/h5-8,10-19H,4,9,20H2,1-3H3. The SMILES string of the molecule is CCCc1nc2c(C)cc(-c3nc4ccccc4n3C)cc2n1Cc1ccc(-c2ccccc2C(=O)Cl)cc1. The zero-order valence-corrected chi connectivity index (χ0v) is 23.0. The van der Waals surface area contributed by atoms with Crippen LogP contribution in [0.5, 0.6) is 0 Å². The molecule has 0 spiro atoms. The topological polar surface area (TPSA) is 52.7 Å². The van der Waals surface area contributed by atoms with Gasteiger partial charge < -0.3 is 9.13 Å². The lowest BCUT2D eigenvalue weighted by atomic mass is 9.99. The summed E-state index contributed by atoms with van der Waals surface area (Å²) in [6.45, 7) is 5.02. The lowest BCUT2D eigenvalue weighted by Gasteiger charge is -2.12. The van der Waals surface area contributed by atoms with Crippen molar-refractivity contribution in [3.05, 3.63) is 107 Å². The van der Waals surface area contributed by atoms with Gasteiger partial charge in [0.25, 0.3) is 5.24 Å². The van der Waals surface area contributed by atoms with Gasteiger partial charge in [-0.3, -0.25) is 4.79 Å². The molecule has 0 aliphatic carbocycles. The average Bonchev–Trinajstić information content (AvgIpc) is 3.47. The third-order valence-electron chi connectivity index (χ3n) is 7.39. The number of aryl methyl sites for hydroxylation is 3. The number of carbonyl (C=O) groups is 1. The Hall–Kier alpha value is -4.22. The molecule has 39 heavy (non-hydrogen) atoms. The van der Waals surface area contributed by atoms with Crippen LogP contribution in [-0.2, 0) is 20.0 Å². The van der Waals surface area contributed by atoms with Crippen LogP contribution in [0.1, 0.15) is 40.7 Å². The van der Waals surface area contributed by atoms with E-state index in [0.29, 0.717) is 12.1 Å². The van der Waals surface area contributed by atoms with Gasteiger partial charge in [0, 0.05) is 31.1 Å². The van der Waals surface area contributed by atoms with E-state index in [-0.39, 0.29) is 0 Å². The Labute approximate surface area is 232 Å². The number of para-hydroxylation sites is 2. The number of aromatic nitrogens is 4. The maximum absolute atomic E-state index is 11.9. The first-order valence-corrected chi connectivity index (χ1v) is 13.6. The van der Waals surface area contributed by atoms with Gasteiger partial charge in [0.2, 0.25) is 0 Å². The van der Waals surface area contributed by atoms with Gasteiger partial charge in [-0.1, -0.05) is 61.5 Å². The number of imidazole rings is 2. The van der Waals surface area contributed by atoms with Gasteiger partial charge >= 0.3 is 0 Å². The third-order valence-corrected chi connectivity index (χ3v) is 7.59. The fraction of sp³-hybridized carbons (Fsp3) is 0.182. The molecule has 194 valence electrons. The highest BCUT2D eigenvalue weighted by molar-refractivity contribution is 6.68. The maximum atomic E-state index is 11.9. The Morgan fingerprint density at radius 2 is 1.62 bits per heavy atom. The minimum Gasteiger partial charge on any atom is -0.327 e. The molecule has 0 aliphatic rings. The van der Waals surface area contributed by atoms with Crippen molar-refractivity contribution in [2.24, 2.45) is 7.05 Å². The summed E-state index contributed by atoms with van der Waals surface area (Å²) in [5.41, 5.74) is 9.96. The van der Waals surface area contributed by atoms with E-state index >= 15 is 0 Å². The van der Waals surface area contributed by atoms with Gasteiger partial charge in [-0.15, -0.1) is 0 Å². The number of hydrogen-bond donors (Lipinski definition) is 0. The monoisotopic (exact) mass is 532 g/mol. The van der Waals surface area contributed by atoms with Gasteiger partial charge in [-0.05, 0) is 77.5 Å². The van der Waals surface area contributed by atoms with E-state index in [1.54, 1.807) is 6.07 Å². The summed E-state index contributed by atoms with van der Waals surface area (Å²) >= 11 is 5.83. The van der Waals surface area contributed by atoms with E-state index in [4.69, 9.17) is 21.6 Å². The Morgan fingerprint density at radius 1 is 0.872 bits per heavy atom. The molecule has 0 fully saturated rings. The molecule has 0 aliphatic heterocycles. The summed E-state index contributed by atoms with van der Waals surface area (Å²) in [6.07, 6.45) is 1.92. The molecule has 0 saturated heterocycles. The molecular formula is C33H29ClN4O. The fourth-order valence-corrected chi connectivity index (χ4v) is 5.61. The molecule has 2 heterocycles. The van der Waals surface area contributed by atoms with E-state index in [0.717, 1.165) is 74.4 Å². The maximum Gasteiger partial charge on any atom is 0.253 e. The highest BCUT2D eigenvalue weighted by atomic mass is 35.5. The summed E-state index contributed by atoms with van der Waals surface area (Å²) in [7, 11) is 2.07. The van der Waals surface area contributed by atoms with Crippen LogP contribution in [0.2, 0.25) is 0 Å². The smallest absolute Gasteiger partial charge is 0.253 e. The highest BCUT2D eigenvalue weighted by Crippen LogP contribution is 2.31. The van der Waals surface area contributed by atoms with Crippen LogP contribution >= 0.6 is 11.6 Å². The predicted molar refractivity (Wildman–Crippen MR) is 159 cm³/mol. The number of hydrogen-bond acceptors (Lipinski definition) is 3. The molecule has 5 nitrogen and oxygen atoms in total. The third kappa shape index (κ3) is 4.53. The van der Waals surface area contributed by atoms with Crippen LogP contribution in [0.25, 0.3) is 44.6 Å². The summed E-state index contributed by atoms with van der Waals surface area (Å²) < 4.78 is 4.50. The number of benzene rings is 4. The first kappa shape index (κ1) is 25.1. The number of carbonyl (C=O) groups excluding carboxylic acids is 1. The molecule has 0 unspecified atom stereocenters. The normalized spacial score (nSPS) is 11.5. The van der Waals surface area contributed by atoms with Crippen molar-refractivity contribution in [2.45, 2.75) is 33.2 Å². The van der Waals surface area contributed by atoms with E-state index in [9.17, 15) is 4.79 Å². The first-order valence-electron chi connectivity index (χ1n) is 13.2. The van der Waals surface area contributed by atoms with E-state index in [2.05, 4.69) is 78.6 Å². The zero-order valence-electron chi connectivity index (χ0n) is 22.3. The number of fused-ring (bicyclic) bond motifs is 2. The van der Waals surface area contributed by atoms with Crippen LogP contribution in [0.3, 0.4) is 0 Å². The van der Waals surface area contributed by atoms with Gasteiger partial charge in [0.1, 0.15) is 11.6 Å². The van der Waals surface area contributed by atoms with Crippen LogP contribution in [0.15, 0.2) is 84.9 Å². The molecular weight excluding hydrogens is 504 g/mol. The molecule has 0 amide bonds. The lowest BCUT2D eigenvalue weighted by molar-refractivity contribution is 0.108. The van der Waals surface area contributed by atoms with Gasteiger partial charge in [0.05, 0.1) is 22.1 Å². The van der Waals surface area contributed by atoms with Crippen molar-refractivity contribution in [3.8, 4) is 22.5 Å². The van der Waals surface area contributed by atoms with Gasteiger partial charge in [-0.2, -0.15) is 0 Å². The minimum atomic E-state index is -0.449. The van der Waals surface area contributed by atoms with Crippen molar-refractivity contribution in [1.29, 1.82) is 0 Å². The van der Waals surface area contributed by atoms with E-state index in [1.165, 1.54) is 0 Å². The molecule has 6 heteroatoms.